The molecule has 1 rings (SSSR count). The maximum atomic E-state index is 10.9. The SMILES string of the molecule is COc1ccc(NC(=O)C=[N+]=[N-])cc1. The number of nitrogens with one attached hydrogen (secondary N) is 1. The first kappa shape index (κ1) is 9.95. The maximum absolute atomic E-state index is 10.9. The third-order valence-electron chi connectivity index (χ3n) is 1.53. The van der Waals surface area contributed by atoms with E-state index in [0.29, 0.717) is 11.4 Å². The van der Waals surface area contributed by atoms with Crippen LogP contribution in [0.15, 0.2) is 24.3 Å². The molecule has 0 unspecified atom stereocenters. The van der Waals surface area contributed by atoms with Crippen molar-refractivity contribution >= 4 is 17.8 Å². The zero-order chi connectivity index (χ0) is 10.4. The van der Waals surface area contributed by atoms with Gasteiger partial charge in [-0.05, 0) is 24.3 Å². The molecule has 72 valence electrons. The summed E-state index contributed by atoms with van der Waals surface area (Å²) in [6, 6.07) is 6.79. The molecular formula is C9H9N3O2. The van der Waals surface area contributed by atoms with Crippen LogP contribution in [0.25, 0.3) is 5.53 Å². The topological polar surface area (TPSA) is 74.7 Å². The Morgan fingerprint density at radius 2 is 2.14 bits per heavy atom. The van der Waals surface area contributed by atoms with Gasteiger partial charge in [0.25, 0.3) is 0 Å². The number of nitrogens with zero attached hydrogens (tertiary/aromatic N) is 2. The smallest absolute Gasteiger partial charge is 0.344 e. The van der Waals surface area contributed by atoms with Crippen molar-refractivity contribution in [3.8, 4) is 5.75 Å². The van der Waals surface area contributed by atoms with Gasteiger partial charge in [0.15, 0.2) is 0 Å². The van der Waals surface area contributed by atoms with E-state index in [1.165, 1.54) is 0 Å². The van der Waals surface area contributed by atoms with Crippen molar-refractivity contribution in [1.82, 2.24) is 0 Å². The van der Waals surface area contributed by atoms with E-state index in [1.807, 2.05) is 0 Å². The Hall–Kier alpha value is -2.13. The third-order valence-corrected chi connectivity index (χ3v) is 1.53. The molecule has 1 aromatic rings. The van der Waals surface area contributed by atoms with E-state index in [-0.39, 0.29) is 0 Å². The first-order chi connectivity index (χ1) is 6.76. The molecule has 0 aliphatic carbocycles. The van der Waals surface area contributed by atoms with Crippen LogP contribution in [0.5, 0.6) is 5.75 Å². The average molecular weight is 191 g/mol. The highest BCUT2D eigenvalue weighted by Gasteiger charge is 2.01. The van der Waals surface area contributed by atoms with Crippen LogP contribution in [-0.2, 0) is 4.79 Å². The summed E-state index contributed by atoms with van der Waals surface area (Å²) >= 11 is 0. The van der Waals surface area contributed by atoms with Crippen molar-refractivity contribution in [2.75, 3.05) is 12.4 Å². The number of methoxy groups -OCH3 is 1. The Bertz CT molecular complexity index is 366. The predicted octanol–water partition coefficient (Wildman–Crippen LogP) is 0.934. The second-order valence-corrected chi connectivity index (χ2v) is 2.46. The van der Waals surface area contributed by atoms with E-state index in [9.17, 15) is 4.79 Å². The summed E-state index contributed by atoms with van der Waals surface area (Å²) in [5, 5.41) is 2.49. The molecule has 0 fully saturated rings. The number of hydrogen-bond donors (Lipinski definition) is 1. The fourth-order valence-electron chi connectivity index (χ4n) is 0.901. The van der Waals surface area contributed by atoms with Gasteiger partial charge in [0.2, 0.25) is 0 Å². The quantitative estimate of drug-likeness (QED) is 0.438. The zero-order valence-electron chi connectivity index (χ0n) is 7.60. The molecule has 0 bridgehead atoms. The standard InChI is InChI=1S/C9H9N3O2/c1-14-8-4-2-7(3-5-8)12-9(13)6-11-10/h2-6H,1H3,(H,12,13). The van der Waals surface area contributed by atoms with Gasteiger partial charge in [-0.25, -0.2) is 0 Å². The van der Waals surface area contributed by atoms with E-state index >= 15 is 0 Å². The Morgan fingerprint density at radius 1 is 1.50 bits per heavy atom. The second-order valence-electron chi connectivity index (χ2n) is 2.46. The molecule has 0 saturated carbocycles. The number of carbonyl (C=O) groups excluding carboxylic acids is 1. The molecule has 0 saturated heterocycles. The van der Waals surface area contributed by atoms with Crippen molar-refractivity contribution in [2.45, 2.75) is 0 Å². The Kier molecular flexibility index (Phi) is 3.41. The predicted molar refractivity (Wildman–Crippen MR) is 51.3 cm³/mol. The number of carbonyl (C=O) groups is 1. The van der Waals surface area contributed by atoms with Crippen LogP contribution in [0.3, 0.4) is 0 Å². The van der Waals surface area contributed by atoms with Crippen LogP contribution in [0, 0.1) is 0 Å². The van der Waals surface area contributed by atoms with Gasteiger partial charge in [-0.15, -0.1) is 0 Å². The third kappa shape index (κ3) is 2.73. The van der Waals surface area contributed by atoms with Crippen LogP contribution in [0.1, 0.15) is 0 Å². The van der Waals surface area contributed by atoms with E-state index in [0.717, 1.165) is 6.21 Å². The summed E-state index contributed by atoms with van der Waals surface area (Å²) in [5.41, 5.74) is 8.69. The lowest BCUT2D eigenvalue weighted by Crippen LogP contribution is -2.12. The number of benzene rings is 1. The maximum Gasteiger partial charge on any atom is 0.344 e. The molecule has 5 nitrogen and oxygen atoms in total. The highest BCUT2D eigenvalue weighted by Crippen LogP contribution is 2.14. The van der Waals surface area contributed by atoms with E-state index in [4.69, 9.17) is 10.3 Å². The minimum Gasteiger partial charge on any atom is -0.497 e. The van der Waals surface area contributed by atoms with Gasteiger partial charge in [0.1, 0.15) is 5.75 Å². The first-order valence-corrected chi connectivity index (χ1v) is 3.88. The minimum atomic E-state index is -0.488. The number of rotatable bonds is 3. The number of anilines is 1. The van der Waals surface area contributed by atoms with Crippen molar-refractivity contribution in [2.24, 2.45) is 0 Å². The van der Waals surface area contributed by atoms with Gasteiger partial charge in [-0.2, -0.15) is 4.79 Å². The fourth-order valence-corrected chi connectivity index (χ4v) is 0.901. The van der Waals surface area contributed by atoms with Crippen molar-refractivity contribution < 1.29 is 14.3 Å². The molecule has 1 N–H and O–H groups in total. The van der Waals surface area contributed by atoms with Crippen LogP contribution in [-0.4, -0.2) is 24.0 Å². The molecule has 14 heavy (non-hydrogen) atoms. The summed E-state index contributed by atoms with van der Waals surface area (Å²) in [6.45, 7) is 0. The van der Waals surface area contributed by atoms with Crippen LogP contribution in [0.2, 0.25) is 0 Å². The van der Waals surface area contributed by atoms with Gasteiger partial charge in [0.05, 0.1) is 7.11 Å². The van der Waals surface area contributed by atoms with Crippen LogP contribution in [0.4, 0.5) is 5.69 Å². The van der Waals surface area contributed by atoms with Crippen molar-refractivity contribution in [3.63, 3.8) is 0 Å². The number of ether oxygens (including phenoxy) is 1. The Balaban J connectivity index is 2.68. The van der Waals surface area contributed by atoms with Gasteiger partial charge >= 0.3 is 12.1 Å². The molecule has 0 spiro atoms. The lowest BCUT2D eigenvalue weighted by molar-refractivity contribution is -0.113. The summed E-state index contributed by atoms with van der Waals surface area (Å²) in [7, 11) is 1.56. The lowest BCUT2D eigenvalue weighted by Gasteiger charge is -2.01. The monoisotopic (exact) mass is 191 g/mol. The Morgan fingerprint density at radius 3 is 2.64 bits per heavy atom. The molecule has 0 radical (unpaired) electrons. The summed E-state index contributed by atoms with van der Waals surface area (Å²) < 4.78 is 4.94. The molecule has 0 aromatic heterocycles. The Labute approximate surface area is 80.9 Å². The van der Waals surface area contributed by atoms with Gasteiger partial charge in [-0.1, -0.05) is 0 Å². The van der Waals surface area contributed by atoms with E-state index < -0.39 is 5.91 Å². The van der Waals surface area contributed by atoms with E-state index in [1.54, 1.807) is 31.4 Å². The van der Waals surface area contributed by atoms with Gasteiger partial charge in [0, 0.05) is 5.69 Å². The first-order valence-electron chi connectivity index (χ1n) is 3.88. The van der Waals surface area contributed by atoms with Crippen LogP contribution < -0.4 is 10.1 Å². The number of amides is 1. The molecule has 0 aliphatic rings. The van der Waals surface area contributed by atoms with Crippen molar-refractivity contribution in [1.29, 1.82) is 0 Å². The molecule has 5 heteroatoms. The summed E-state index contributed by atoms with van der Waals surface area (Å²) in [5.74, 6) is 0.219. The summed E-state index contributed by atoms with van der Waals surface area (Å²) in [4.78, 5) is 13.5. The average Bonchev–Trinajstić information content (AvgIpc) is 2.19. The molecular weight excluding hydrogens is 182 g/mol. The molecule has 0 aliphatic heterocycles. The highest BCUT2D eigenvalue weighted by molar-refractivity contribution is 6.29. The molecule has 1 aromatic carbocycles. The zero-order valence-corrected chi connectivity index (χ0v) is 7.60. The van der Waals surface area contributed by atoms with E-state index in [2.05, 4.69) is 10.1 Å². The van der Waals surface area contributed by atoms with Gasteiger partial charge < -0.3 is 15.6 Å². The number of hydrogen-bond acceptors (Lipinski definition) is 2. The normalized spacial score (nSPS) is 8.64. The second kappa shape index (κ2) is 4.79. The van der Waals surface area contributed by atoms with Crippen LogP contribution >= 0.6 is 0 Å². The highest BCUT2D eigenvalue weighted by atomic mass is 16.5. The summed E-state index contributed by atoms with van der Waals surface area (Å²) in [6.07, 6.45) is 0.782. The lowest BCUT2D eigenvalue weighted by atomic mass is 10.3. The molecule has 0 atom stereocenters. The molecule has 0 heterocycles. The van der Waals surface area contributed by atoms with Crippen molar-refractivity contribution in [3.05, 3.63) is 29.8 Å². The largest absolute Gasteiger partial charge is 0.497 e. The van der Waals surface area contributed by atoms with Gasteiger partial charge in [-0.3, -0.25) is 4.79 Å². The fraction of sp³-hybridized carbons (Fsp3) is 0.111. The molecule has 1 amide bonds. The minimum absolute atomic E-state index is 0.488.